The van der Waals surface area contributed by atoms with Gasteiger partial charge in [0.1, 0.15) is 0 Å². The maximum atomic E-state index is 13.2. The van der Waals surface area contributed by atoms with E-state index in [2.05, 4.69) is 67.4 Å². The van der Waals surface area contributed by atoms with Gasteiger partial charge in [-0.05, 0) is 86.4 Å². The number of nitrogens with zero attached hydrogens (tertiary/aromatic N) is 1. The molecule has 3 unspecified atom stereocenters. The fourth-order valence-corrected chi connectivity index (χ4v) is 6.15. The van der Waals surface area contributed by atoms with Crippen LogP contribution in [0, 0.1) is 26.7 Å². The van der Waals surface area contributed by atoms with Crippen molar-refractivity contribution in [2.75, 3.05) is 18.4 Å². The molecule has 2 heterocycles. The predicted octanol–water partition coefficient (Wildman–Crippen LogP) is 6.45. The number of rotatable bonds is 2. The normalized spacial score (nSPS) is 24.9. The van der Waals surface area contributed by atoms with Gasteiger partial charge in [0, 0.05) is 30.3 Å². The van der Waals surface area contributed by atoms with Crippen molar-refractivity contribution in [2.24, 2.45) is 5.92 Å². The summed E-state index contributed by atoms with van der Waals surface area (Å²) >= 11 is 0. The van der Waals surface area contributed by atoms with Crippen molar-refractivity contribution in [3.63, 3.8) is 0 Å². The van der Waals surface area contributed by atoms with Crippen molar-refractivity contribution in [3.05, 3.63) is 75.9 Å². The van der Waals surface area contributed by atoms with Gasteiger partial charge in [-0.2, -0.15) is 0 Å². The van der Waals surface area contributed by atoms with Gasteiger partial charge in [0.2, 0.25) is 0 Å². The number of likely N-dealkylation sites (tertiary alicyclic amines) is 1. The number of benzene rings is 2. The molecule has 5 rings (SSSR count). The molecule has 162 valence electrons. The number of allylic oxidation sites excluding steroid dienone is 2. The van der Waals surface area contributed by atoms with E-state index in [-0.39, 0.29) is 5.91 Å². The summed E-state index contributed by atoms with van der Waals surface area (Å²) in [7, 11) is 0. The molecule has 1 N–H and O–H groups in total. The highest BCUT2D eigenvalue weighted by Gasteiger charge is 2.39. The molecule has 3 heteroatoms. The number of nitrogens with one attached hydrogen (secondary N) is 1. The minimum atomic E-state index is 0.204. The van der Waals surface area contributed by atoms with Gasteiger partial charge in [0.05, 0.1) is 6.04 Å². The van der Waals surface area contributed by atoms with E-state index in [1.807, 2.05) is 6.07 Å². The summed E-state index contributed by atoms with van der Waals surface area (Å²) in [6.07, 6.45) is 10.5. The number of carbonyl (C=O) groups excluding carboxylic acids is 1. The summed E-state index contributed by atoms with van der Waals surface area (Å²) in [4.78, 5) is 15.3. The topological polar surface area (TPSA) is 32.3 Å². The van der Waals surface area contributed by atoms with E-state index in [0.29, 0.717) is 17.9 Å². The van der Waals surface area contributed by atoms with E-state index in [4.69, 9.17) is 0 Å². The summed E-state index contributed by atoms with van der Waals surface area (Å²) in [5, 5.41) is 3.88. The molecular weight excluding hydrogens is 380 g/mol. The minimum absolute atomic E-state index is 0.204. The summed E-state index contributed by atoms with van der Waals surface area (Å²) in [5.41, 5.74) is 8.84. The van der Waals surface area contributed by atoms with Gasteiger partial charge in [0.15, 0.2) is 0 Å². The van der Waals surface area contributed by atoms with E-state index < -0.39 is 0 Å². The Kier molecular flexibility index (Phi) is 5.37. The first kappa shape index (κ1) is 20.4. The maximum absolute atomic E-state index is 13.2. The van der Waals surface area contributed by atoms with Gasteiger partial charge in [-0.25, -0.2) is 0 Å². The van der Waals surface area contributed by atoms with E-state index in [0.717, 1.165) is 37.9 Å². The van der Waals surface area contributed by atoms with E-state index >= 15 is 0 Å². The van der Waals surface area contributed by atoms with Crippen LogP contribution < -0.4 is 5.32 Å². The van der Waals surface area contributed by atoms with Crippen LogP contribution >= 0.6 is 0 Å². The van der Waals surface area contributed by atoms with Crippen LogP contribution in [0.1, 0.15) is 82.2 Å². The summed E-state index contributed by atoms with van der Waals surface area (Å²) in [5.74, 6) is 1.07. The third-order valence-electron chi connectivity index (χ3n) is 7.55. The van der Waals surface area contributed by atoms with Gasteiger partial charge >= 0.3 is 0 Å². The first-order valence-corrected chi connectivity index (χ1v) is 12.0. The Morgan fingerprint density at radius 3 is 2.39 bits per heavy atom. The zero-order chi connectivity index (χ0) is 21.5. The zero-order valence-corrected chi connectivity index (χ0v) is 19.1. The van der Waals surface area contributed by atoms with Crippen molar-refractivity contribution < 1.29 is 4.79 Å². The van der Waals surface area contributed by atoms with Crippen LogP contribution in [0.4, 0.5) is 5.69 Å². The smallest absolute Gasteiger partial charge is 0.253 e. The lowest BCUT2D eigenvalue weighted by Gasteiger charge is -2.39. The maximum Gasteiger partial charge on any atom is 0.253 e. The third-order valence-corrected chi connectivity index (χ3v) is 7.55. The van der Waals surface area contributed by atoms with Crippen LogP contribution in [0.15, 0.2) is 42.5 Å². The lowest BCUT2D eigenvalue weighted by molar-refractivity contribution is 0.0761. The lowest BCUT2D eigenvalue weighted by Crippen LogP contribution is -2.33. The lowest BCUT2D eigenvalue weighted by atomic mass is 9.74. The summed E-state index contributed by atoms with van der Waals surface area (Å²) in [6, 6.07) is 11.3. The Morgan fingerprint density at radius 1 is 0.968 bits per heavy atom. The molecule has 1 amide bonds. The van der Waals surface area contributed by atoms with Crippen molar-refractivity contribution in [1.82, 2.24) is 4.90 Å². The second kappa shape index (κ2) is 8.18. The number of anilines is 1. The molecule has 31 heavy (non-hydrogen) atoms. The van der Waals surface area contributed by atoms with Crippen LogP contribution in [0.5, 0.6) is 0 Å². The number of amides is 1. The van der Waals surface area contributed by atoms with Crippen molar-refractivity contribution >= 4 is 11.6 Å². The van der Waals surface area contributed by atoms with Crippen LogP contribution in [-0.4, -0.2) is 23.9 Å². The molecular formula is C28H34N2O. The SMILES string of the molecule is Cc1cc(C)c(C2Nc3ccc(C(=O)N4CCCCCC4)cc3C3C=CCC32)c(C)c1. The van der Waals surface area contributed by atoms with Crippen molar-refractivity contribution in [1.29, 1.82) is 0 Å². The fraction of sp³-hybridized carbons (Fsp3) is 0.464. The molecule has 2 aromatic rings. The predicted molar refractivity (Wildman–Crippen MR) is 128 cm³/mol. The zero-order valence-electron chi connectivity index (χ0n) is 19.1. The Hall–Kier alpha value is -2.55. The number of fused-ring (bicyclic) bond motifs is 3. The molecule has 3 aliphatic rings. The molecule has 2 aliphatic heterocycles. The molecule has 2 aromatic carbocycles. The average Bonchev–Trinajstić information content (AvgIpc) is 3.08. The molecule has 0 spiro atoms. The minimum Gasteiger partial charge on any atom is -0.378 e. The first-order chi connectivity index (χ1) is 15.0. The third kappa shape index (κ3) is 3.69. The molecule has 0 aromatic heterocycles. The van der Waals surface area contributed by atoms with Gasteiger partial charge in [-0.15, -0.1) is 0 Å². The Labute approximate surface area is 186 Å². The Morgan fingerprint density at radius 2 is 1.68 bits per heavy atom. The molecule has 0 radical (unpaired) electrons. The van der Waals surface area contributed by atoms with Crippen LogP contribution in [0.2, 0.25) is 0 Å². The highest BCUT2D eigenvalue weighted by Crippen LogP contribution is 2.51. The second-order valence-corrected chi connectivity index (χ2v) is 9.80. The van der Waals surface area contributed by atoms with Crippen molar-refractivity contribution in [3.8, 4) is 0 Å². The monoisotopic (exact) mass is 414 g/mol. The van der Waals surface area contributed by atoms with Gasteiger partial charge in [0.25, 0.3) is 5.91 Å². The van der Waals surface area contributed by atoms with E-state index in [1.54, 1.807) is 0 Å². The van der Waals surface area contributed by atoms with Crippen molar-refractivity contribution in [2.45, 2.75) is 64.8 Å². The van der Waals surface area contributed by atoms with Gasteiger partial charge in [-0.3, -0.25) is 4.79 Å². The van der Waals surface area contributed by atoms with Crippen LogP contribution in [-0.2, 0) is 0 Å². The number of carbonyl (C=O) groups is 1. The molecule has 3 nitrogen and oxygen atoms in total. The summed E-state index contributed by atoms with van der Waals surface area (Å²) in [6.45, 7) is 8.46. The second-order valence-electron chi connectivity index (χ2n) is 9.80. The van der Waals surface area contributed by atoms with E-state index in [1.165, 1.54) is 46.3 Å². The Bertz CT molecular complexity index is 1010. The van der Waals surface area contributed by atoms with Crippen LogP contribution in [0.25, 0.3) is 0 Å². The quantitative estimate of drug-likeness (QED) is 0.572. The fourth-order valence-electron chi connectivity index (χ4n) is 6.15. The number of hydrogen-bond donors (Lipinski definition) is 1. The average molecular weight is 415 g/mol. The van der Waals surface area contributed by atoms with Gasteiger partial charge < -0.3 is 10.2 Å². The number of aryl methyl sites for hydroxylation is 3. The molecule has 1 saturated heterocycles. The molecule has 0 bridgehead atoms. The molecule has 0 saturated carbocycles. The number of hydrogen-bond acceptors (Lipinski definition) is 2. The highest BCUT2D eigenvalue weighted by molar-refractivity contribution is 5.95. The standard InChI is InChI=1S/C28H34N2O/c1-18-15-19(2)26(20(3)16-18)27-23-10-8-9-22(23)24-17-21(11-12-25(24)29-27)28(31)30-13-6-4-5-7-14-30/h8-9,11-12,15-17,22-23,27,29H,4-7,10,13-14H2,1-3H3. The Balaban J connectivity index is 1.49. The molecule has 3 atom stereocenters. The van der Waals surface area contributed by atoms with Gasteiger partial charge in [-0.1, -0.05) is 42.7 Å². The van der Waals surface area contributed by atoms with Crippen LogP contribution in [0.3, 0.4) is 0 Å². The molecule has 1 fully saturated rings. The molecule has 1 aliphatic carbocycles. The summed E-state index contributed by atoms with van der Waals surface area (Å²) < 4.78 is 0. The van der Waals surface area contributed by atoms with E-state index in [9.17, 15) is 4.79 Å². The highest BCUT2D eigenvalue weighted by atomic mass is 16.2. The largest absolute Gasteiger partial charge is 0.378 e. The first-order valence-electron chi connectivity index (χ1n) is 12.0.